The first-order valence-corrected chi connectivity index (χ1v) is 11.3. The molecule has 0 aliphatic rings. The lowest BCUT2D eigenvalue weighted by Gasteiger charge is -2.08. The number of nitrogens with zero attached hydrogens (tertiary/aromatic N) is 2. The number of benzene rings is 3. The van der Waals surface area contributed by atoms with Gasteiger partial charge in [0.05, 0.1) is 28.6 Å². The zero-order valence-electron chi connectivity index (χ0n) is 17.5. The molecule has 4 rings (SSSR count). The van der Waals surface area contributed by atoms with Gasteiger partial charge in [-0.3, -0.25) is 20.2 Å². The second-order valence-electron chi connectivity index (χ2n) is 6.86. The molecule has 0 spiro atoms. The quantitative estimate of drug-likeness (QED) is 0.206. The van der Waals surface area contributed by atoms with Gasteiger partial charge in [-0.15, -0.1) is 0 Å². The highest BCUT2D eigenvalue weighted by Crippen LogP contribution is 2.32. The molecule has 12 heteroatoms. The van der Waals surface area contributed by atoms with Crippen molar-refractivity contribution in [2.24, 2.45) is 0 Å². The summed E-state index contributed by atoms with van der Waals surface area (Å²) in [5.74, 6) is -0.170. The highest BCUT2D eigenvalue weighted by molar-refractivity contribution is 9.10. The van der Waals surface area contributed by atoms with Gasteiger partial charge in [0.2, 0.25) is 5.95 Å². The molecule has 0 saturated carbocycles. The zero-order valence-corrected chi connectivity index (χ0v) is 19.9. The number of carbonyl (C=O) groups is 2. The van der Waals surface area contributed by atoms with E-state index in [2.05, 4.69) is 41.3 Å². The summed E-state index contributed by atoms with van der Waals surface area (Å²) >= 11 is 4.65. The average Bonchev–Trinajstić information content (AvgIpc) is 3.21. The van der Waals surface area contributed by atoms with E-state index in [4.69, 9.17) is 0 Å². The number of carbonyl (C=O) groups excluding carboxylic acids is 2. The molecule has 0 fully saturated rings. The van der Waals surface area contributed by atoms with Crippen LogP contribution in [0.25, 0.3) is 11.0 Å². The van der Waals surface area contributed by atoms with Crippen molar-refractivity contribution in [3.05, 3.63) is 80.8 Å². The minimum atomic E-state index is -0.612. The number of ether oxygens (including phenoxy) is 1. The van der Waals surface area contributed by atoms with Gasteiger partial charge in [-0.1, -0.05) is 17.8 Å². The summed E-state index contributed by atoms with van der Waals surface area (Å²) in [5.41, 5.74) is 1.99. The third kappa shape index (κ3) is 5.18. The van der Waals surface area contributed by atoms with Crippen molar-refractivity contribution in [1.82, 2.24) is 9.97 Å². The molecule has 4 aromatic rings. The van der Waals surface area contributed by atoms with E-state index in [1.807, 2.05) is 30.3 Å². The van der Waals surface area contributed by atoms with E-state index in [9.17, 15) is 19.7 Å². The van der Waals surface area contributed by atoms with Gasteiger partial charge in [-0.05, 0) is 64.5 Å². The number of nitro benzene ring substituents is 1. The molecule has 0 radical (unpaired) electrons. The molecular weight excluding hydrogens is 526 g/mol. The Morgan fingerprint density at radius 1 is 1.09 bits per heavy atom. The number of amides is 2. The Hall–Kier alpha value is -3.90. The van der Waals surface area contributed by atoms with E-state index in [1.54, 1.807) is 12.1 Å². The molecule has 3 aromatic carbocycles. The Kier molecular flexibility index (Phi) is 6.80. The number of nitro groups is 1. The van der Waals surface area contributed by atoms with E-state index in [-0.39, 0.29) is 15.7 Å². The number of halogens is 1. The number of H-pyrrole nitrogens is 1. The van der Waals surface area contributed by atoms with Gasteiger partial charge in [0.15, 0.2) is 0 Å². The Labute approximate surface area is 205 Å². The van der Waals surface area contributed by atoms with Gasteiger partial charge in [0.1, 0.15) is 4.47 Å². The Bertz CT molecular complexity index is 1410. The molecule has 3 N–H and O–H groups in total. The van der Waals surface area contributed by atoms with Crippen molar-refractivity contribution in [1.29, 1.82) is 0 Å². The van der Waals surface area contributed by atoms with Crippen LogP contribution < -0.4 is 10.6 Å². The van der Waals surface area contributed by atoms with Crippen LogP contribution in [0.1, 0.15) is 10.4 Å². The van der Waals surface area contributed by atoms with Crippen molar-refractivity contribution in [2.75, 3.05) is 17.7 Å². The summed E-state index contributed by atoms with van der Waals surface area (Å²) < 4.78 is 4.69. The normalized spacial score (nSPS) is 10.6. The second-order valence-corrected chi connectivity index (χ2v) is 8.80. The van der Waals surface area contributed by atoms with Crippen LogP contribution in [0.15, 0.2) is 74.9 Å². The fraction of sp³-hybridized carbons (Fsp3) is 0.0455. The van der Waals surface area contributed by atoms with Crippen LogP contribution in [0, 0.1) is 10.1 Å². The average molecular weight is 542 g/mol. The van der Waals surface area contributed by atoms with Gasteiger partial charge in [-0.25, -0.2) is 9.78 Å². The molecule has 1 aromatic heterocycles. The lowest BCUT2D eigenvalue weighted by atomic mass is 10.2. The maximum absolute atomic E-state index is 12.6. The molecule has 0 atom stereocenters. The predicted octanol–water partition coefficient (Wildman–Crippen LogP) is 5.82. The number of aromatic nitrogens is 2. The van der Waals surface area contributed by atoms with E-state index in [0.717, 1.165) is 15.3 Å². The van der Waals surface area contributed by atoms with Gasteiger partial charge in [0.25, 0.3) is 11.6 Å². The van der Waals surface area contributed by atoms with Crippen molar-refractivity contribution in [3.63, 3.8) is 0 Å². The SMILES string of the molecule is COC(=O)Nc1nc2ccc(Sc3ccc(NC(=O)c4cccc([N+](=O)[O-])c4Br)cc3)cc2[nH]1. The molecular formula is C22H16BrN5O5S. The number of methoxy groups -OCH3 is 1. The number of anilines is 2. The summed E-state index contributed by atoms with van der Waals surface area (Å²) in [4.78, 5) is 43.6. The molecule has 0 unspecified atom stereocenters. The largest absolute Gasteiger partial charge is 0.453 e. The summed E-state index contributed by atoms with van der Waals surface area (Å²) in [5, 5.41) is 16.3. The molecule has 1 heterocycles. The van der Waals surface area contributed by atoms with E-state index >= 15 is 0 Å². The Morgan fingerprint density at radius 3 is 2.53 bits per heavy atom. The van der Waals surface area contributed by atoms with Crippen molar-refractivity contribution >= 4 is 68.0 Å². The van der Waals surface area contributed by atoms with Gasteiger partial charge in [0, 0.05) is 21.5 Å². The van der Waals surface area contributed by atoms with Gasteiger partial charge < -0.3 is 15.0 Å². The molecule has 172 valence electrons. The van der Waals surface area contributed by atoms with E-state index in [0.29, 0.717) is 17.2 Å². The Morgan fingerprint density at radius 2 is 1.82 bits per heavy atom. The van der Waals surface area contributed by atoms with Crippen molar-refractivity contribution < 1.29 is 19.2 Å². The van der Waals surface area contributed by atoms with Crippen LogP contribution in [0.2, 0.25) is 0 Å². The van der Waals surface area contributed by atoms with Gasteiger partial charge in [-0.2, -0.15) is 0 Å². The molecule has 0 saturated heterocycles. The first-order valence-electron chi connectivity index (χ1n) is 9.71. The summed E-state index contributed by atoms with van der Waals surface area (Å²) in [6, 6.07) is 17.1. The molecule has 2 amide bonds. The lowest BCUT2D eigenvalue weighted by molar-refractivity contribution is -0.385. The van der Waals surface area contributed by atoms with Crippen LogP contribution in [0.5, 0.6) is 0 Å². The van der Waals surface area contributed by atoms with Crippen LogP contribution in [0.4, 0.5) is 22.1 Å². The van der Waals surface area contributed by atoms with Crippen LogP contribution in [-0.2, 0) is 4.74 Å². The summed E-state index contributed by atoms with van der Waals surface area (Å²) in [6.07, 6.45) is -0.612. The fourth-order valence-electron chi connectivity index (χ4n) is 3.04. The Balaban J connectivity index is 1.44. The number of hydrogen-bond donors (Lipinski definition) is 3. The standard InChI is InChI=1S/C22H16BrN5O5S/c1-33-22(30)27-21-25-16-10-9-14(11-17(16)26-21)34-13-7-5-12(6-8-13)24-20(29)15-3-2-4-18(19(15)23)28(31)32/h2-11H,1H3,(H,24,29)(H2,25,26,27,30). The number of rotatable bonds is 6. The first kappa shape index (κ1) is 23.3. The smallest absolute Gasteiger partial charge is 0.413 e. The molecule has 0 bridgehead atoms. The third-order valence-electron chi connectivity index (χ3n) is 4.63. The summed E-state index contributed by atoms with van der Waals surface area (Å²) in [6.45, 7) is 0. The fourth-order valence-corrected chi connectivity index (χ4v) is 4.48. The topological polar surface area (TPSA) is 139 Å². The number of fused-ring (bicyclic) bond motifs is 1. The highest BCUT2D eigenvalue weighted by atomic mass is 79.9. The second kappa shape index (κ2) is 9.93. The number of imidazole rings is 1. The summed E-state index contributed by atoms with van der Waals surface area (Å²) in [7, 11) is 1.27. The zero-order chi connectivity index (χ0) is 24.2. The van der Waals surface area contributed by atoms with Crippen molar-refractivity contribution in [2.45, 2.75) is 9.79 Å². The molecule has 10 nitrogen and oxygen atoms in total. The van der Waals surface area contributed by atoms with E-state index < -0.39 is 16.9 Å². The lowest BCUT2D eigenvalue weighted by Crippen LogP contribution is -2.13. The minimum Gasteiger partial charge on any atom is -0.453 e. The van der Waals surface area contributed by atoms with E-state index in [1.165, 1.54) is 37.1 Å². The predicted molar refractivity (Wildman–Crippen MR) is 131 cm³/mol. The van der Waals surface area contributed by atoms with Crippen molar-refractivity contribution in [3.8, 4) is 0 Å². The number of hydrogen-bond acceptors (Lipinski definition) is 7. The van der Waals surface area contributed by atoms with Crippen LogP contribution in [-0.4, -0.2) is 34.0 Å². The molecule has 0 aliphatic heterocycles. The van der Waals surface area contributed by atoms with Crippen LogP contribution >= 0.6 is 27.7 Å². The van der Waals surface area contributed by atoms with Crippen LogP contribution in [0.3, 0.4) is 0 Å². The minimum absolute atomic E-state index is 0.129. The number of nitrogens with one attached hydrogen (secondary N) is 3. The van der Waals surface area contributed by atoms with Gasteiger partial charge >= 0.3 is 6.09 Å². The maximum Gasteiger partial charge on any atom is 0.413 e. The molecule has 34 heavy (non-hydrogen) atoms. The maximum atomic E-state index is 12.6. The highest BCUT2D eigenvalue weighted by Gasteiger charge is 2.19. The first-order chi connectivity index (χ1) is 16.3. The third-order valence-corrected chi connectivity index (χ3v) is 6.46. The number of aromatic amines is 1. The molecule has 0 aliphatic carbocycles. The monoisotopic (exact) mass is 541 g/mol.